The van der Waals surface area contributed by atoms with Gasteiger partial charge in [-0.3, -0.25) is 0 Å². The third kappa shape index (κ3) is 1.51. The molecule has 0 atom stereocenters. The van der Waals surface area contributed by atoms with Gasteiger partial charge in [-0.2, -0.15) is 0 Å². The molecule has 0 bridgehead atoms. The summed E-state index contributed by atoms with van der Waals surface area (Å²) in [6, 6.07) is 5.04. The molecule has 0 aliphatic heterocycles. The number of hydrogen-bond donors (Lipinski definition) is 0. The van der Waals surface area contributed by atoms with Crippen molar-refractivity contribution in [3.8, 4) is 0 Å². The van der Waals surface area contributed by atoms with E-state index in [1.807, 2.05) is 6.92 Å². The summed E-state index contributed by atoms with van der Waals surface area (Å²) in [5, 5.41) is 1.45. The maximum Gasteiger partial charge on any atom is 0.272 e. The molecule has 0 nitrogen and oxygen atoms in total. The van der Waals surface area contributed by atoms with Crippen molar-refractivity contribution >= 4 is 33.0 Å². The fourth-order valence-corrected chi connectivity index (χ4v) is 2.49. The van der Waals surface area contributed by atoms with Gasteiger partial charge in [0.05, 0.1) is 4.88 Å². The van der Waals surface area contributed by atoms with Gasteiger partial charge in [0.15, 0.2) is 0 Å². The van der Waals surface area contributed by atoms with Crippen LogP contribution in [-0.2, 0) is 0 Å². The van der Waals surface area contributed by atoms with Gasteiger partial charge >= 0.3 is 0 Å². The smallest absolute Gasteiger partial charge is 0.204 e. The van der Waals surface area contributed by atoms with E-state index in [2.05, 4.69) is 0 Å². The molecule has 0 N–H and O–H groups in total. The van der Waals surface area contributed by atoms with E-state index in [0.717, 1.165) is 27.0 Å². The molecule has 14 heavy (non-hydrogen) atoms. The van der Waals surface area contributed by atoms with Crippen LogP contribution in [0.3, 0.4) is 0 Å². The van der Waals surface area contributed by atoms with Crippen LogP contribution in [0.5, 0.6) is 0 Å². The van der Waals surface area contributed by atoms with Crippen LogP contribution >= 0.6 is 22.9 Å². The molecule has 0 spiro atoms. The molecule has 4 heteroatoms. The first-order valence-electron chi connectivity index (χ1n) is 4.06. The van der Waals surface area contributed by atoms with E-state index in [1.54, 1.807) is 12.1 Å². The molecule has 0 saturated heterocycles. The molecule has 2 rings (SSSR count). The van der Waals surface area contributed by atoms with Crippen molar-refractivity contribution in [3.05, 3.63) is 33.7 Å². The lowest BCUT2D eigenvalue weighted by Crippen LogP contribution is -1.75. The second kappa shape index (κ2) is 3.48. The summed E-state index contributed by atoms with van der Waals surface area (Å²) in [7, 11) is 0. The Morgan fingerprint density at radius 1 is 1.36 bits per heavy atom. The number of thiophene rings is 1. The van der Waals surface area contributed by atoms with Crippen LogP contribution in [0.15, 0.2) is 18.2 Å². The van der Waals surface area contributed by atoms with Crippen molar-refractivity contribution < 1.29 is 8.78 Å². The lowest BCUT2D eigenvalue weighted by Gasteiger charge is -1.97. The SMILES string of the molecule is Cc1c(Cl)ccc2sc(C(F)F)cc12. The molecule has 0 aliphatic rings. The molecule has 1 aromatic carbocycles. The van der Waals surface area contributed by atoms with Crippen LogP contribution in [0.1, 0.15) is 16.9 Å². The van der Waals surface area contributed by atoms with E-state index in [1.165, 1.54) is 6.07 Å². The average Bonchev–Trinajstić information content (AvgIpc) is 2.56. The van der Waals surface area contributed by atoms with E-state index in [-0.39, 0.29) is 4.88 Å². The molecular formula is C10H7ClF2S. The number of fused-ring (bicyclic) bond motifs is 1. The number of aryl methyl sites for hydroxylation is 1. The molecule has 0 fully saturated rings. The van der Waals surface area contributed by atoms with Crippen molar-refractivity contribution in [1.29, 1.82) is 0 Å². The first-order chi connectivity index (χ1) is 6.59. The Balaban J connectivity index is 2.71. The molecule has 0 radical (unpaired) electrons. The minimum Gasteiger partial charge on any atom is -0.204 e. The normalized spacial score (nSPS) is 11.5. The van der Waals surface area contributed by atoms with Gasteiger partial charge in [0.25, 0.3) is 6.43 Å². The zero-order valence-corrected chi connectivity index (χ0v) is 8.92. The Labute approximate surface area is 89.1 Å². The minimum absolute atomic E-state index is 0.102. The standard InChI is InChI=1S/C10H7ClF2S/c1-5-6-4-9(10(12)13)14-8(6)3-2-7(5)11/h2-4,10H,1H3. The number of benzene rings is 1. The third-order valence-corrected chi connectivity index (χ3v) is 3.66. The molecule has 0 saturated carbocycles. The van der Waals surface area contributed by atoms with E-state index >= 15 is 0 Å². The number of alkyl halides is 2. The highest BCUT2D eigenvalue weighted by Gasteiger charge is 2.13. The van der Waals surface area contributed by atoms with Crippen LogP contribution in [0.4, 0.5) is 8.78 Å². The van der Waals surface area contributed by atoms with Gasteiger partial charge in [-0.05, 0) is 36.1 Å². The Hall–Kier alpha value is -0.670. The van der Waals surface area contributed by atoms with Crippen LogP contribution in [-0.4, -0.2) is 0 Å². The van der Waals surface area contributed by atoms with Crippen molar-refractivity contribution in [1.82, 2.24) is 0 Å². The van der Waals surface area contributed by atoms with Gasteiger partial charge in [-0.25, -0.2) is 8.78 Å². The lowest BCUT2D eigenvalue weighted by molar-refractivity contribution is 0.156. The lowest BCUT2D eigenvalue weighted by atomic mass is 10.1. The fourth-order valence-electron chi connectivity index (χ4n) is 1.35. The molecular weight excluding hydrogens is 226 g/mol. The van der Waals surface area contributed by atoms with E-state index in [4.69, 9.17) is 11.6 Å². The quantitative estimate of drug-likeness (QED) is 0.663. The van der Waals surface area contributed by atoms with Gasteiger partial charge < -0.3 is 0 Å². The fraction of sp³-hybridized carbons (Fsp3) is 0.200. The molecule has 1 aromatic heterocycles. The Kier molecular flexibility index (Phi) is 2.45. The Bertz CT molecular complexity index is 476. The van der Waals surface area contributed by atoms with Gasteiger partial charge in [-0.15, -0.1) is 11.3 Å². The minimum atomic E-state index is -2.40. The molecule has 1 heterocycles. The molecule has 2 aromatic rings. The third-order valence-electron chi connectivity index (χ3n) is 2.14. The first-order valence-corrected chi connectivity index (χ1v) is 5.25. The van der Waals surface area contributed by atoms with E-state index < -0.39 is 6.43 Å². The first kappa shape index (κ1) is 9.87. The van der Waals surface area contributed by atoms with Crippen LogP contribution in [0.25, 0.3) is 10.1 Å². The largest absolute Gasteiger partial charge is 0.272 e. The second-order valence-electron chi connectivity index (χ2n) is 3.03. The van der Waals surface area contributed by atoms with Crippen molar-refractivity contribution in [3.63, 3.8) is 0 Å². The second-order valence-corrected chi connectivity index (χ2v) is 4.56. The maximum absolute atomic E-state index is 12.4. The van der Waals surface area contributed by atoms with Gasteiger partial charge in [0, 0.05) is 9.72 Å². The summed E-state index contributed by atoms with van der Waals surface area (Å²) in [4.78, 5) is 0.102. The van der Waals surface area contributed by atoms with Crippen molar-refractivity contribution in [2.24, 2.45) is 0 Å². The number of hydrogen-bond acceptors (Lipinski definition) is 1. The van der Waals surface area contributed by atoms with E-state index in [9.17, 15) is 8.78 Å². The summed E-state index contributed by atoms with van der Waals surface area (Å²) < 4.78 is 25.7. The summed E-state index contributed by atoms with van der Waals surface area (Å²) in [6.07, 6.45) is -2.40. The van der Waals surface area contributed by atoms with Crippen LogP contribution in [0.2, 0.25) is 5.02 Å². The predicted molar refractivity (Wildman–Crippen MR) is 56.5 cm³/mol. The van der Waals surface area contributed by atoms with Crippen molar-refractivity contribution in [2.75, 3.05) is 0 Å². The van der Waals surface area contributed by atoms with Gasteiger partial charge in [-0.1, -0.05) is 11.6 Å². The van der Waals surface area contributed by atoms with Crippen LogP contribution < -0.4 is 0 Å². The van der Waals surface area contributed by atoms with Gasteiger partial charge in [0.1, 0.15) is 0 Å². The molecule has 74 valence electrons. The average molecular weight is 233 g/mol. The summed E-state index contributed by atoms with van der Waals surface area (Å²) in [6.45, 7) is 1.84. The molecule has 0 amide bonds. The molecule has 0 aliphatic carbocycles. The Morgan fingerprint density at radius 2 is 2.07 bits per heavy atom. The number of rotatable bonds is 1. The summed E-state index contributed by atoms with van der Waals surface area (Å²) in [5.74, 6) is 0. The highest BCUT2D eigenvalue weighted by Crippen LogP contribution is 2.36. The topological polar surface area (TPSA) is 0 Å². The van der Waals surface area contributed by atoms with Crippen molar-refractivity contribution in [2.45, 2.75) is 13.3 Å². The predicted octanol–water partition coefficient (Wildman–Crippen LogP) is 4.80. The summed E-state index contributed by atoms with van der Waals surface area (Å²) >= 11 is 7.01. The monoisotopic (exact) mass is 232 g/mol. The molecule has 0 unspecified atom stereocenters. The number of halogens is 3. The maximum atomic E-state index is 12.4. The zero-order valence-electron chi connectivity index (χ0n) is 7.35. The highest BCUT2D eigenvalue weighted by atomic mass is 35.5. The van der Waals surface area contributed by atoms with Gasteiger partial charge in [0.2, 0.25) is 0 Å². The zero-order chi connectivity index (χ0) is 10.3. The van der Waals surface area contributed by atoms with E-state index in [0.29, 0.717) is 5.02 Å². The Morgan fingerprint density at radius 3 is 2.71 bits per heavy atom. The highest BCUT2D eigenvalue weighted by molar-refractivity contribution is 7.19. The van der Waals surface area contributed by atoms with Crippen LogP contribution in [0, 0.1) is 6.92 Å². The summed E-state index contributed by atoms with van der Waals surface area (Å²) in [5.41, 5.74) is 0.868.